The third kappa shape index (κ3) is 6.30. The summed E-state index contributed by atoms with van der Waals surface area (Å²) in [5.41, 5.74) is 1.19. The van der Waals surface area contributed by atoms with Gasteiger partial charge in [0.2, 0.25) is 0 Å². The number of nitrogens with one attached hydrogen (secondary N) is 2. The van der Waals surface area contributed by atoms with Crippen molar-refractivity contribution in [2.45, 2.75) is 13.3 Å². The number of carbonyl (C=O) groups is 1. The third-order valence-corrected chi connectivity index (χ3v) is 3.15. The molecule has 0 fully saturated rings. The fraction of sp³-hybridized carbons (Fsp3) is 0.278. The molecule has 0 aliphatic rings. The van der Waals surface area contributed by atoms with Gasteiger partial charge in [0.05, 0.1) is 6.61 Å². The van der Waals surface area contributed by atoms with Crippen LogP contribution in [0.3, 0.4) is 0 Å². The average Bonchev–Trinajstić information content (AvgIpc) is 2.58. The van der Waals surface area contributed by atoms with Crippen LogP contribution in [-0.2, 0) is 6.42 Å². The Labute approximate surface area is 136 Å². The summed E-state index contributed by atoms with van der Waals surface area (Å²) in [6.45, 7) is 3.26. The Kier molecular flexibility index (Phi) is 6.78. The molecule has 2 rings (SSSR count). The zero-order valence-electron chi connectivity index (χ0n) is 13.2. The Bertz CT molecular complexity index is 585. The van der Waals surface area contributed by atoms with Gasteiger partial charge < -0.3 is 20.1 Å². The van der Waals surface area contributed by atoms with Gasteiger partial charge in [-0.2, -0.15) is 0 Å². The van der Waals surface area contributed by atoms with Gasteiger partial charge in [0.15, 0.2) is 6.73 Å². The van der Waals surface area contributed by atoms with Crippen molar-refractivity contribution in [3.63, 3.8) is 0 Å². The van der Waals surface area contributed by atoms with Crippen molar-refractivity contribution in [1.29, 1.82) is 0 Å². The van der Waals surface area contributed by atoms with Crippen molar-refractivity contribution in [3.05, 3.63) is 60.2 Å². The number of benzene rings is 2. The summed E-state index contributed by atoms with van der Waals surface area (Å²) in [5.74, 6) is 1.48. The van der Waals surface area contributed by atoms with Crippen molar-refractivity contribution in [1.82, 2.24) is 10.6 Å². The van der Waals surface area contributed by atoms with Crippen molar-refractivity contribution in [2.75, 3.05) is 19.9 Å². The average molecular weight is 314 g/mol. The number of ether oxygens (including phenoxy) is 2. The van der Waals surface area contributed by atoms with Crippen LogP contribution in [0.15, 0.2) is 54.6 Å². The fourth-order valence-electron chi connectivity index (χ4n) is 2.01. The summed E-state index contributed by atoms with van der Waals surface area (Å²) in [7, 11) is 0. The first-order chi connectivity index (χ1) is 11.3. The van der Waals surface area contributed by atoms with E-state index in [-0.39, 0.29) is 12.8 Å². The zero-order chi connectivity index (χ0) is 16.3. The summed E-state index contributed by atoms with van der Waals surface area (Å²) >= 11 is 0. The molecule has 0 atom stereocenters. The first-order valence-electron chi connectivity index (χ1n) is 7.69. The second-order valence-corrected chi connectivity index (χ2v) is 4.86. The lowest BCUT2D eigenvalue weighted by Crippen LogP contribution is -2.38. The monoisotopic (exact) mass is 314 g/mol. The largest absolute Gasteiger partial charge is 0.494 e. The van der Waals surface area contributed by atoms with Gasteiger partial charge in [-0.25, -0.2) is 4.79 Å². The predicted molar refractivity (Wildman–Crippen MR) is 89.8 cm³/mol. The van der Waals surface area contributed by atoms with Crippen LogP contribution >= 0.6 is 0 Å². The Hall–Kier alpha value is -2.69. The highest BCUT2D eigenvalue weighted by molar-refractivity contribution is 5.73. The maximum absolute atomic E-state index is 11.6. The van der Waals surface area contributed by atoms with E-state index in [9.17, 15) is 4.79 Å². The summed E-state index contributed by atoms with van der Waals surface area (Å²) in [6.07, 6.45) is 0.800. The number of amides is 2. The molecule has 2 aromatic rings. The maximum atomic E-state index is 11.6. The van der Waals surface area contributed by atoms with Crippen molar-refractivity contribution in [2.24, 2.45) is 0 Å². The van der Waals surface area contributed by atoms with Crippen LogP contribution in [0, 0.1) is 0 Å². The van der Waals surface area contributed by atoms with E-state index in [1.165, 1.54) is 5.56 Å². The molecule has 0 aliphatic heterocycles. The lowest BCUT2D eigenvalue weighted by molar-refractivity contribution is 0.224. The molecule has 2 aromatic carbocycles. The molecule has 5 heteroatoms. The topological polar surface area (TPSA) is 59.6 Å². The number of hydrogen-bond acceptors (Lipinski definition) is 3. The fourth-order valence-corrected chi connectivity index (χ4v) is 2.01. The maximum Gasteiger partial charge on any atom is 0.317 e. The van der Waals surface area contributed by atoms with Gasteiger partial charge in [-0.1, -0.05) is 30.3 Å². The van der Waals surface area contributed by atoms with E-state index in [1.54, 1.807) is 12.1 Å². The van der Waals surface area contributed by atoms with Gasteiger partial charge >= 0.3 is 6.03 Å². The summed E-state index contributed by atoms with van der Waals surface area (Å²) in [4.78, 5) is 11.6. The second kappa shape index (κ2) is 9.35. The summed E-state index contributed by atoms with van der Waals surface area (Å²) in [5, 5.41) is 5.45. The minimum Gasteiger partial charge on any atom is -0.494 e. The van der Waals surface area contributed by atoms with Crippen LogP contribution in [0.25, 0.3) is 0 Å². The van der Waals surface area contributed by atoms with E-state index < -0.39 is 0 Å². The van der Waals surface area contributed by atoms with Gasteiger partial charge in [-0.15, -0.1) is 0 Å². The predicted octanol–water partition coefficient (Wildman–Crippen LogP) is 2.96. The molecule has 0 aliphatic carbocycles. The standard InChI is InChI=1S/C18H22N2O3/c1-2-22-16-8-10-17(11-9-16)23-14-20-18(21)19-13-12-15-6-4-3-5-7-15/h3-11H,2,12-14H2,1H3,(H2,19,20,21). The number of hydrogen-bond donors (Lipinski definition) is 2. The van der Waals surface area contributed by atoms with Crippen LogP contribution in [0.5, 0.6) is 11.5 Å². The van der Waals surface area contributed by atoms with Gasteiger partial charge in [0, 0.05) is 6.54 Å². The third-order valence-electron chi connectivity index (χ3n) is 3.15. The van der Waals surface area contributed by atoms with Crippen LogP contribution in [-0.4, -0.2) is 25.9 Å². The highest BCUT2D eigenvalue weighted by atomic mass is 16.5. The molecule has 122 valence electrons. The zero-order valence-corrected chi connectivity index (χ0v) is 13.2. The highest BCUT2D eigenvalue weighted by Gasteiger charge is 2.00. The normalized spacial score (nSPS) is 9.96. The molecule has 0 unspecified atom stereocenters. The quantitative estimate of drug-likeness (QED) is 0.737. The molecule has 0 bridgehead atoms. The van der Waals surface area contributed by atoms with Crippen molar-refractivity contribution in [3.8, 4) is 11.5 Å². The van der Waals surface area contributed by atoms with Crippen molar-refractivity contribution < 1.29 is 14.3 Å². The van der Waals surface area contributed by atoms with Gasteiger partial charge in [0.25, 0.3) is 0 Å². The second-order valence-electron chi connectivity index (χ2n) is 4.86. The van der Waals surface area contributed by atoms with E-state index in [0.717, 1.165) is 12.2 Å². The van der Waals surface area contributed by atoms with E-state index in [2.05, 4.69) is 10.6 Å². The number of rotatable bonds is 8. The van der Waals surface area contributed by atoms with Crippen LogP contribution < -0.4 is 20.1 Å². The van der Waals surface area contributed by atoms with E-state index in [1.807, 2.05) is 49.4 Å². The van der Waals surface area contributed by atoms with Crippen LogP contribution in [0.2, 0.25) is 0 Å². The lowest BCUT2D eigenvalue weighted by Gasteiger charge is -2.10. The first kappa shape index (κ1) is 16.7. The number of urea groups is 1. The van der Waals surface area contributed by atoms with Gasteiger partial charge in [-0.3, -0.25) is 0 Å². The molecule has 0 saturated heterocycles. The SMILES string of the molecule is CCOc1ccc(OCNC(=O)NCCc2ccccc2)cc1. The smallest absolute Gasteiger partial charge is 0.317 e. The van der Waals surface area contributed by atoms with Gasteiger partial charge in [0.1, 0.15) is 11.5 Å². The van der Waals surface area contributed by atoms with E-state index >= 15 is 0 Å². The van der Waals surface area contributed by atoms with Crippen molar-refractivity contribution >= 4 is 6.03 Å². The molecule has 0 radical (unpaired) electrons. The molecule has 0 spiro atoms. The van der Waals surface area contributed by atoms with E-state index in [4.69, 9.17) is 9.47 Å². The molecular weight excluding hydrogens is 292 g/mol. The Morgan fingerprint density at radius 1 is 0.913 bits per heavy atom. The van der Waals surface area contributed by atoms with Gasteiger partial charge in [-0.05, 0) is 43.2 Å². The van der Waals surface area contributed by atoms with E-state index in [0.29, 0.717) is 18.9 Å². The minimum absolute atomic E-state index is 0.116. The first-order valence-corrected chi connectivity index (χ1v) is 7.69. The molecule has 0 heterocycles. The Balaban J connectivity index is 1.61. The molecule has 0 aromatic heterocycles. The summed E-state index contributed by atoms with van der Waals surface area (Å²) in [6, 6.07) is 17.1. The molecular formula is C18H22N2O3. The highest BCUT2D eigenvalue weighted by Crippen LogP contribution is 2.17. The number of carbonyl (C=O) groups excluding carboxylic acids is 1. The molecule has 2 N–H and O–H groups in total. The molecule has 2 amide bonds. The summed E-state index contributed by atoms with van der Waals surface area (Å²) < 4.78 is 10.8. The molecule has 23 heavy (non-hydrogen) atoms. The lowest BCUT2D eigenvalue weighted by atomic mass is 10.1. The Morgan fingerprint density at radius 2 is 1.57 bits per heavy atom. The Morgan fingerprint density at radius 3 is 2.22 bits per heavy atom. The minimum atomic E-state index is -0.244. The molecule has 5 nitrogen and oxygen atoms in total. The molecule has 0 saturated carbocycles. The van der Waals surface area contributed by atoms with Crippen LogP contribution in [0.4, 0.5) is 4.79 Å². The van der Waals surface area contributed by atoms with Crippen LogP contribution in [0.1, 0.15) is 12.5 Å².